The molecule has 0 fully saturated rings. The maximum atomic E-state index is 10.8. The van der Waals surface area contributed by atoms with Crippen LogP contribution in [-0.2, 0) is 10.0 Å². The zero-order valence-electron chi connectivity index (χ0n) is 6.98. The first kappa shape index (κ1) is 12.1. The molecule has 1 heterocycles. The average Bonchev–Trinajstić information content (AvgIpc) is 1.86. The van der Waals surface area contributed by atoms with Crippen LogP contribution in [-0.4, -0.2) is 43.0 Å². The Morgan fingerprint density at radius 2 is 2.08 bits per heavy atom. The van der Waals surface area contributed by atoms with E-state index >= 15 is 0 Å². The number of primary sulfonamides is 1. The van der Waals surface area contributed by atoms with E-state index in [2.05, 4.69) is 4.98 Å². The van der Waals surface area contributed by atoms with Crippen molar-refractivity contribution in [1.82, 2.24) is 4.98 Å². The molecular weight excluding hydrogens is 187 g/mol. The fourth-order valence-corrected chi connectivity index (χ4v) is 1.49. The Hall–Kier alpha value is 0.0600. The normalized spacial score (nSPS) is 10.5. The van der Waals surface area contributed by atoms with Gasteiger partial charge >= 0.3 is 0 Å². The van der Waals surface area contributed by atoms with Gasteiger partial charge in [0.05, 0.1) is 0 Å². The molecule has 1 aromatic heterocycles. The predicted octanol–water partition coefficient (Wildman–Crippen LogP) is -0.343. The molecule has 0 aromatic carbocycles. The van der Waals surface area contributed by atoms with Crippen LogP contribution in [0.25, 0.3) is 0 Å². The minimum atomic E-state index is -3.64. The zero-order chi connectivity index (χ0) is 8.48. The average molecular weight is 195 g/mol. The van der Waals surface area contributed by atoms with Gasteiger partial charge in [0.15, 0.2) is 5.03 Å². The van der Waals surface area contributed by atoms with Crippen LogP contribution in [0.4, 0.5) is 0 Å². The van der Waals surface area contributed by atoms with E-state index in [9.17, 15) is 8.42 Å². The van der Waals surface area contributed by atoms with E-state index in [4.69, 9.17) is 5.14 Å². The van der Waals surface area contributed by atoms with Crippen LogP contribution in [0, 0.1) is 6.92 Å². The molecular formula is C6H8N2NaO2S. The van der Waals surface area contributed by atoms with Crippen molar-refractivity contribution >= 4 is 39.6 Å². The minimum absolute atomic E-state index is 0. The number of hydrogen-bond donors (Lipinski definition) is 1. The standard InChI is InChI=1S/C6H8N2O2S.Na/c1-5-3-2-4-8-6(5)11(7,9)10;/h2-4H,1H3,(H2,7,9,10);. The van der Waals surface area contributed by atoms with Crippen LogP contribution >= 0.6 is 0 Å². The van der Waals surface area contributed by atoms with Crippen LogP contribution in [0.3, 0.4) is 0 Å². The van der Waals surface area contributed by atoms with Crippen molar-refractivity contribution in [2.45, 2.75) is 11.9 Å². The third-order valence-electron chi connectivity index (χ3n) is 1.23. The second kappa shape index (κ2) is 4.34. The Morgan fingerprint density at radius 1 is 1.50 bits per heavy atom. The third kappa shape index (κ3) is 2.84. The van der Waals surface area contributed by atoms with Crippen molar-refractivity contribution in [2.75, 3.05) is 0 Å². The molecule has 1 aromatic rings. The van der Waals surface area contributed by atoms with E-state index in [0.717, 1.165) is 0 Å². The largest absolute Gasteiger partial charge is 0.255 e. The summed E-state index contributed by atoms with van der Waals surface area (Å²) >= 11 is 0. The van der Waals surface area contributed by atoms with Crippen LogP contribution in [0.15, 0.2) is 23.4 Å². The SMILES string of the molecule is Cc1cccnc1S(N)(=O)=O.[Na]. The third-order valence-corrected chi connectivity index (χ3v) is 2.20. The van der Waals surface area contributed by atoms with Crippen molar-refractivity contribution in [3.63, 3.8) is 0 Å². The molecule has 0 saturated heterocycles. The first-order valence-corrected chi connectivity index (χ1v) is 4.51. The number of aryl methyl sites for hydroxylation is 1. The van der Waals surface area contributed by atoms with E-state index in [1.807, 2.05) is 0 Å². The molecule has 0 aliphatic carbocycles. The number of nitrogens with zero attached hydrogens (tertiary/aromatic N) is 1. The Bertz CT molecular complexity index is 364. The molecule has 0 unspecified atom stereocenters. The quantitative estimate of drug-likeness (QED) is 0.623. The summed E-state index contributed by atoms with van der Waals surface area (Å²) < 4.78 is 21.5. The van der Waals surface area contributed by atoms with E-state index in [1.54, 1.807) is 19.1 Å². The predicted molar refractivity (Wildman–Crippen MR) is 46.1 cm³/mol. The molecule has 0 amide bonds. The van der Waals surface area contributed by atoms with Crippen LogP contribution in [0.2, 0.25) is 0 Å². The van der Waals surface area contributed by atoms with Gasteiger partial charge in [0.25, 0.3) is 10.0 Å². The maximum absolute atomic E-state index is 10.8. The van der Waals surface area contributed by atoms with Crippen LogP contribution in [0.1, 0.15) is 5.56 Å². The van der Waals surface area contributed by atoms with Gasteiger partial charge in [-0.05, 0) is 18.6 Å². The van der Waals surface area contributed by atoms with Crippen molar-refractivity contribution in [3.8, 4) is 0 Å². The number of rotatable bonds is 1. The van der Waals surface area contributed by atoms with Crippen molar-refractivity contribution in [2.24, 2.45) is 5.14 Å². The maximum Gasteiger partial charge on any atom is 0.255 e. The van der Waals surface area contributed by atoms with Gasteiger partial charge in [0.1, 0.15) is 0 Å². The summed E-state index contributed by atoms with van der Waals surface area (Å²) in [7, 11) is -3.64. The first-order chi connectivity index (χ1) is 5.02. The second-order valence-corrected chi connectivity index (χ2v) is 3.65. The molecule has 61 valence electrons. The molecule has 6 heteroatoms. The summed E-state index contributed by atoms with van der Waals surface area (Å²) in [5.41, 5.74) is 0.565. The molecule has 1 radical (unpaired) electrons. The molecule has 0 aliphatic heterocycles. The summed E-state index contributed by atoms with van der Waals surface area (Å²) in [6.07, 6.45) is 1.40. The topological polar surface area (TPSA) is 73.0 Å². The summed E-state index contributed by atoms with van der Waals surface area (Å²) in [6.45, 7) is 1.65. The van der Waals surface area contributed by atoms with Gasteiger partial charge in [0, 0.05) is 35.8 Å². The molecule has 0 spiro atoms. The Kier molecular flexibility index (Phi) is 4.36. The minimum Gasteiger partial charge on any atom is -0.243 e. The molecule has 0 aliphatic rings. The Labute approximate surface area is 93.5 Å². The number of nitrogens with two attached hydrogens (primary N) is 1. The number of sulfonamides is 1. The van der Waals surface area contributed by atoms with Gasteiger partial charge in [-0.1, -0.05) is 6.07 Å². The number of pyridine rings is 1. The fraction of sp³-hybridized carbons (Fsp3) is 0.167. The van der Waals surface area contributed by atoms with Gasteiger partial charge in [-0.3, -0.25) is 0 Å². The fourth-order valence-electron chi connectivity index (χ4n) is 0.769. The molecule has 0 bridgehead atoms. The van der Waals surface area contributed by atoms with Gasteiger partial charge in [-0.2, -0.15) is 0 Å². The Morgan fingerprint density at radius 3 is 2.42 bits per heavy atom. The summed E-state index contributed by atoms with van der Waals surface area (Å²) in [5.74, 6) is 0. The first-order valence-electron chi connectivity index (χ1n) is 2.96. The van der Waals surface area contributed by atoms with Crippen molar-refractivity contribution < 1.29 is 8.42 Å². The molecule has 4 nitrogen and oxygen atoms in total. The molecule has 1 rings (SSSR count). The van der Waals surface area contributed by atoms with E-state index in [-0.39, 0.29) is 34.6 Å². The molecule has 12 heavy (non-hydrogen) atoms. The van der Waals surface area contributed by atoms with Gasteiger partial charge in [-0.25, -0.2) is 18.5 Å². The molecule has 2 N–H and O–H groups in total. The van der Waals surface area contributed by atoms with Gasteiger partial charge < -0.3 is 0 Å². The number of aromatic nitrogens is 1. The van der Waals surface area contributed by atoms with E-state index in [0.29, 0.717) is 5.56 Å². The smallest absolute Gasteiger partial charge is 0.243 e. The summed E-state index contributed by atoms with van der Waals surface area (Å²) in [6, 6.07) is 3.30. The van der Waals surface area contributed by atoms with Crippen LogP contribution in [0.5, 0.6) is 0 Å². The number of hydrogen-bond acceptors (Lipinski definition) is 3. The van der Waals surface area contributed by atoms with Crippen molar-refractivity contribution in [3.05, 3.63) is 23.9 Å². The monoisotopic (exact) mass is 195 g/mol. The zero-order valence-corrected chi connectivity index (χ0v) is 9.80. The summed E-state index contributed by atoms with van der Waals surface area (Å²) in [5, 5.41) is 4.81. The van der Waals surface area contributed by atoms with Crippen molar-refractivity contribution in [1.29, 1.82) is 0 Å². The van der Waals surface area contributed by atoms with E-state index in [1.165, 1.54) is 6.20 Å². The van der Waals surface area contributed by atoms with Gasteiger partial charge in [0.2, 0.25) is 0 Å². The Balaban J connectivity index is 0.00000121. The van der Waals surface area contributed by atoms with Crippen LogP contribution < -0.4 is 5.14 Å². The molecule has 0 saturated carbocycles. The van der Waals surface area contributed by atoms with E-state index < -0.39 is 10.0 Å². The van der Waals surface area contributed by atoms with Gasteiger partial charge in [-0.15, -0.1) is 0 Å². The summed E-state index contributed by atoms with van der Waals surface area (Å²) in [4.78, 5) is 3.64. The second-order valence-electron chi connectivity index (χ2n) is 2.17. The molecule has 0 atom stereocenters.